The molecule has 2 N–H and O–H groups in total. The molecular formula is C18H22O2UV. The van der Waals surface area contributed by atoms with Gasteiger partial charge in [-0.3, -0.25) is 0 Å². The number of rotatable bonds is 3. The molecule has 1 unspecified atom stereocenters. The number of hydrogen-bond donors (Lipinski definition) is 2. The molecule has 0 aromatic heterocycles. The first kappa shape index (κ1) is 23.7. The summed E-state index contributed by atoms with van der Waals surface area (Å²) in [7, 11) is 0. The van der Waals surface area contributed by atoms with Crippen LogP contribution in [0.5, 0.6) is 11.5 Å². The van der Waals surface area contributed by atoms with Crippen molar-refractivity contribution >= 4 is 6.08 Å². The smallest absolute Gasteiger partial charge is 0.115 e. The fourth-order valence-corrected chi connectivity index (χ4v) is 1.65. The summed E-state index contributed by atoms with van der Waals surface area (Å²) in [4.78, 5) is 0. The molecule has 2 aromatic carbocycles. The molecule has 1 radical (unpaired) electrons. The first-order chi connectivity index (χ1) is 9.56. The van der Waals surface area contributed by atoms with Gasteiger partial charge in [0.05, 0.1) is 0 Å². The Morgan fingerprint density at radius 2 is 1.36 bits per heavy atom. The van der Waals surface area contributed by atoms with Crippen LogP contribution in [0.3, 0.4) is 0 Å². The second kappa shape index (κ2) is 12.9. The van der Waals surface area contributed by atoms with E-state index in [4.69, 9.17) is 10.2 Å². The summed E-state index contributed by atoms with van der Waals surface area (Å²) in [5, 5.41) is 17.8. The van der Waals surface area contributed by atoms with Gasteiger partial charge in [-0.05, 0) is 47.7 Å². The number of phenolic OH excluding ortho intramolecular Hbond substituents is 2. The largest absolute Gasteiger partial charge is 0.508 e. The van der Waals surface area contributed by atoms with E-state index >= 15 is 0 Å². The third-order valence-electron chi connectivity index (χ3n) is 3.20. The fourth-order valence-electron chi connectivity index (χ4n) is 1.65. The molecule has 4 heteroatoms. The van der Waals surface area contributed by atoms with Crippen LogP contribution in [0.1, 0.15) is 37.3 Å². The Labute approximate surface area is 168 Å². The van der Waals surface area contributed by atoms with Crippen molar-refractivity contribution in [3.63, 3.8) is 0 Å². The summed E-state index contributed by atoms with van der Waals surface area (Å²) < 4.78 is 0. The van der Waals surface area contributed by atoms with Gasteiger partial charge >= 0.3 is 0 Å². The molecule has 0 aliphatic rings. The maximum Gasteiger partial charge on any atom is 0.115 e. The topological polar surface area (TPSA) is 40.5 Å². The van der Waals surface area contributed by atoms with Crippen LogP contribution in [-0.2, 0) is 18.6 Å². The minimum absolute atomic E-state index is 0. The van der Waals surface area contributed by atoms with E-state index in [-0.39, 0.29) is 49.7 Å². The zero-order valence-corrected chi connectivity index (χ0v) is 18.6. The van der Waals surface area contributed by atoms with Gasteiger partial charge < -0.3 is 10.2 Å². The normalized spacial score (nSPS) is 10.1. The number of phenols is 2. The molecule has 0 aliphatic heterocycles. The number of aromatic hydroxyl groups is 2. The van der Waals surface area contributed by atoms with E-state index in [1.165, 1.54) is 5.56 Å². The van der Waals surface area contributed by atoms with E-state index in [9.17, 15) is 0 Å². The van der Waals surface area contributed by atoms with E-state index in [1.54, 1.807) is 30.3 Å². The molecule has 0 amide bonds. The van der Waals surface area contributed by atoms with Crippen LogP contribution in [0, 0.1) is 31.1 Å². The molecule has 1 atom stereocenters. The maximum atomic E-state index is 9.01. The van der Waals surface area contributed by atoms with Crippen molar-refractivity contribution in [3.8, 4) is 11.5 Å². The van der Waals surface area contributed by atoms with Crippen LogP contribution in [0.2, 0.25) is 0 Å². The zero-order chi connectivity index (χ0) is 15.0. The molecule has 0 aliphatic carbocycles. The Balaban J connectivity index is 0. The van der Waals surface area contributed by atoms with E-state index in [1.807, 2.05) is 24.3 Å². The van der Waals surface area contributed by atoms with Crippen molar-refractivity contribution in [3.05, 3.63) is 66.2 Å². The van der Waals surface area contributed by atoms with Crippen LogP contribution < -0.4 is 0 Å². The maximum absolute atomic E-state index is 9.01. The second-order valence-corrected chi connectivity index (χ2v) is 4.70. The average Bonchev–Trinajstić information content (AvgIpc) is 2.49. The molecular weight excluding hydrogens is 537 g/mol. The van der Waals surface area contributed by atoms with Gasteiger partial charge in [0.2, 0.25) is 0 Å². The van der Waals surface area contributed by atoms with Crippen molar-refractivity contribution < 1.29 is 59.9 Å². The monoisotopic (exact) mass is 559 g/mol. The fraction of sp³-hybridized carbons (Fsp3) is 0.222. The van der Waals surface area contributed by atoms with Crippen LogP contribution in [0.4, 0.5) is 0 Å². The molecule has 2 nitrogen and oxygen atoms in total. The molecule has 2 rings (SSSR count). The molecule has 115 valence electrons. The number of hydrogen-bond acceptors (Lipinski definition) is 2. The van der Waals surface area contributed by atoms with Crippen molar-refractivity contribution in [2.45, 2.75) is 26.2 Å². The first-order valence-electron chi connectivity index (χ1n) is 6.77. The van der Waals surface area contributed by atoms with Crippen LogP contribution in [0.15, 0.2) is 55.1 Å². The standard InChI is InChI=1S/C10H14O.C8H8O.U.V/c1-3-8(2)9-4-6-10(11)7-5-9;1-2-7-3-5-8(9)6-4-7;;/h4-8,11H,3H2,1-2H3;2-6,9H,1H2;;. The Morgan fingerprint density at radius 1 is 0.955 bits per heavy atom. The van der Waals surface area contributed by atoms with E-state index in [0.717, 1.165) is 12.0 Å². The van der Waals surface area contributed by atoms with E-state index in [0.29, 0.717) is 17.4 Å². The van der Waals surface area contributed by atoms with Gasteiger partial charge in [0, 0.05) is 49.7 Å². The Morgan fingerprint density at radius 3 is 1.73 bits per heavy atom. The minimum atomic E-state index is 0. The van der Waals surface area contributed by atoms with Gasteiger partial charge in [-0.15, -0.1) is 0 Å². The molecule has 0 fully saturated rings. The van der Waals surface area contributed by atoms with Gasteiger partial charge in [0.25, 0.3) is 0 Å². The van der Waals surface area contributed by atoms with Crippen LogP contribution >= 0.6 is 0 Å². The molecule has 0 spiro atoms. The van der Waals surface area contributed by atoms with Gasteiger partial charge in [0.1, 0.15) is 11.5 Å². The third kappa shape index (κ3) is 8.76. The summed E-state index contributed by atoms with van der Waals surface area (Å²) in [6, 6.07) is 14.3. The molecule has 0 saturated carbocycles. The van der Waals surface area contributed by atoms with Crippen LogP contribution in [0.25, 0.3) is 6.08 Å². The van der Waals surface area contributed by atoms with Gasteiger partial charge in [-0.2, -0.15) is 0 Å². The summed E-state index contributed by atoms with van der Waals surface area (Å²) in [5.41, 5.74) is 2.32. The van der Waals surface area contributed by atoms with Gasteiger partial charge in [0.15, 0.2) is 0 Å². The average molecular weight is 559 g/mol. The Bertz CT molecular complexity index is 524. The predicted molar refractivity (Wildman–Crippen MR) is 85.0 cm³/mol. The third-order valence-corrected chi connectivity index (χ3v) is 3.20. The quantitative estimate of drug-likeness (QED) is 0.560. The van der Waals surface area contributed by atoms with Gasteiger partial charge in [-0.1, -0.05) is 50.8 Å². The van der Waals surface area contributed by atoms with Crippen molar-refractivity contribution in [2.75, 3.05) is 0 Å². The summed E-state index contributed by atoms with van der Waals surface area (Å²) in [6.45, 7) is 7.93. The molecule has 0 bridgehead atoms. The first-order valence-corrected chi connectivity index (χ1v) is 6.77. The summed E-state index contributed by atoms with van der Waals surface area (Å²) in [5.74, 6) is 1.23. The molecule has 0 saturated heterocycles. The van der Waals surface area contributed by atoms with Crippen LogP contribution in [-0.4, -0.2) is 10.2 Å². The van der Waals surface area contributed by atoms with Gasteiger partial charge in [-0.25, -0.2) is 0 Å². The second-order valence-electron chi connectivity index (χ2n) is 4.70. The minimum Gasteiger partial charge on any atom is -0.508 e. The molecule has 2 aromatic rings. The Kier molecular flexibility index (Phi) is 13.9. The van der Waals surface area contributed by atoms with Crippen molar-refractivity contribution in [1.82, 2.24) is 0 Å². The summed E-state index contributed by atoms with van der Waals surface area (Å²) >= 11 is 0. The van der Waals surface area contributed by atoms with E-state index in [2.05, 4.69) is 20.4 Å². The number of benzene rings is 2. The molecule has 0 heterocycles. The zero-order valence-electron chi connectivity index (χ0n) is 13.0. The molecule has 22 heavy (non-hydrogen) atoms. The predicted octanol–water partition coefficient (Wildman–Crippen LogP) is 4.94. The SMILES string of the molecule is C=Cc1ccc(O)cc1.CCC(C)c1ccc(O)cc1.[U].[V]. The van der Waals surface area contributed by atoms with Crippen molar-refractivity contribution in [2.24, 2.45) is 0 Å². The van der Waals surface area contributed by atoms with E-state index < -0.39 is 0 Å². The summed E-state index contributed by atoms with van der Waals surface area (Å²) in [6.07, 6.45) is 2.88. The Hall–Kier alpha value is -0.584. The van der Waals surface area contributed by atoms with Crippen molar-refractivity contribution in [1.29, 1.82) is 0 Å².